The molecule has 102 valence electrons. The first-order chi connectivity index (χ1) is 9.79. The summed E-state index contributed by atoms with van der Waals surface area (Å²) in [7, 11) is 0. The van der Waals surface area contributed by atoms with E-state index in [2.05, 4.69) is 17.4 Å². The van der Waals surface area contributed by atoms with Crippen LogP contribution in [0.4, 0.5) is 0 Å². The Balaban J connectivity index is 2.01. The molecule has 0 amide bonds. The van der Waals surface area contributed by atoms with Gasteiger partial charge in [0, 0.05) is 18.2 Å². The van der Waals surface area contributed by atoms with Crippen LogP contribution >= 0.6 is 11.8 Å². The van der Waals surface area contributed by atoms with Crippen LogP contribution in [0.3, 0.4) is 0 Å². The van der Waals surface area contributed by atoms with Crippen molar-refractivity contribution in [2.24, 2.45) is 0 Å². The van der Waals surface area contributed by atoms with Gasteiger partial charge in [0.15, 0.2) is 5.78 Å². The average Bonchev–Trinajstić information content (AvgIpc) is 2.53. The van der Waals surface area contributed by atoms with E-state index in [0.717, 1.165) is 11.6 Å². The lowest BCUT2D eigenvalue weighted by molar-refractivity contribution is 0.104. The zero-order valence-electron chi connectivity index (χ0n) is 11.4. The second kappa shape index (κ2) is 7.56. The molecule has 2 aromatic rings. The van der Waals surface area contributed by atoms with Gasteiger partial charge in [-0.3, -0.25) is 4.79 Å². The highest BCUT2D eigenvalue weighted by Gasteiger charge is 2.04. The van der Waals surface area contributed by atoms with Crippen LogP contribution in [0.15, 0.2) is 71.8 Å². The molecule has 20 heavy (non-hydrogen) atoms. The third-order valence-corrected chi connectivity index (χ3v) is 3.55. The number of thioether (sulfide) groups is 1. The van der Waals surface area contributed by atoms with E-state index in [1.807, 2.05) is 54.8 Å². The van der Waals surface area contributed by atoms with Crippen molar-refractivity contribution < 1.29 is 4.79 Å². The largest absolute Gasteiger partial charge is 0.376 e. The van der Waals surface area contributed by atoms with E-state index in [1.54, 1.807) is 17.8 Å². The minimum Gasteiger partial charge on any atom is -0.376 e. The van der Waals surface area contributed by atoms with Crippen molar-refractivity contribution >= 4 is 17.5 Å². The maximum Gasteiger partial charge on any atom is 0.188 e. The average molecular weight is 283 g/mol. The maximum absolute atomic E-state index is 12.1. The van der Waals surface area contributed by atoms with Crippen LogP contribution in [0, 0.1) is 0 Å². The van der Waals surface area contributed by atoms with E-state index in [-0.39, 0.29) is 5.78 Å². The zero-order valence-corrected chi connectivity index (χ0v) is 12.2. The van der Waals surface area contributed by atoms with E-state index in [4.69, 9.17) is 0 Å². The highest BCUT2D eigenvalue weighted by atomic mass is 32.2. The summed E-state index contributed by atoms with van der Waals surface area (Å²) in [5.74, 6) is 0.0236. The molecular formula is C17H17NOS. The summed E-state index contributed by atoms with van der Waals surface area (Å²) in [6, 6.07) is 19.4. The Labute approximate surface area is 123 Å². The lowest BCUT2D eigenvalue weighted by Gasteiger charge is -2.08. The minimum absolute atomic E-state index is 0.0236. The Bertz CT molecular complexity index is 578. The molecule has 0 radical (unpaired) electrons. The highest BCUT2D eigenvalue weighted by molar-refractivity contribution is 8.02. The molecule has 0 saturated carbocycles. The molecule has 2 aromatic carbocycles. The number of carbonyl (C=O) groups is 1. The lowest BCUT2D eigenvalue weighted by atomic mass is 10.1. The van der Waals surface area contributed by atoms with Gasteiger partial charge in [-0.05, 0) is 11.8 Å². The molecule has 1 N–H and O–H groups in total. The second-order valence-electron chi connectivity index (χ2n) is 4.28. The van der Waals surface area contributed by atoms with Gasteiger partial charge in [0.05, 0.1) is 5.03 Å². The van der Waals surface area contributed by atoms with Crippen LogP contribution in [0.5, 0.6) is 0 Å². The Hall–Kier alpha value is -2.00. The van der Waals surface area contributed by atoms with E-state index >= 15 is 0 Å². The number of benzene rings is 2. The highest BCUT2D eigenvalue weighted by Crippen LogP contribution is 2.11. The molecule has 0 aliphatic carbocycles. The summed E-state index contributed by atoms with van der Waals surface area (Å²) in [4.78, 5) is 12.1. The van der Waals surface area contributed by atoms with Gasteiger partial charge < -0.3 is 5.32 Å². The smallest absolute Gasteiger partial charge is 0.188 e. The number of nitrogens with one attached hydrogen (secondary N) is 1. The SMILES string of the molecule is CS/C(=C\C(=O)c1ccccc1)NCc1ccccc1. The molecule has 0 unspecified atom stereocenters. The van der Waals surface area contributed by atoms with Gasteiger partial charge in [0.2, 0.25) is 0 Å². The van der Waals surface area contributed by atoms with Crippen molar-refractivity contribution in [2.45, 2.75) is 6.54 Å². The second-order valence-corrected chi connectivity index (χ2v) is 5.13. The van der Waals surface area contributed by atoms with Gasteiger partial charge in [0.25, 0.3) is 0 Å². The molecule has 0 heterocycles. The molecule has 0 aliphatic heterocycles. The third-order valence-electron chi connectivity index (χ3n) is 2.85. The number of hydrogen-bond acceptors (Lipinski definition) is 3. The fourth-order valence-electron chi connectivity index (χ4n) is 1.77. The molecule has 2 rings (SSSR count). The minimum atomic E-state index is 0.0236. The first-order valence-corrected chi connectivity index (χ1v) is 7.65. The van der Waals surface area contributed by atoms with Gasteiger partial charge in [-0.15, -0.1) is 11.8 Å². The van der Waals surface area contributed by atoms with Crippen LogP contribution in [0.2, 0.25) is 0 Å². The summed E-state index contributed by atoms with van der Waals surface area (Å²) >= 11 is 1.54. The normalized spacial score (nSPS) is 11.2. The molecule has 0 bridgehead atoms. The van der Waals surface area contributed by atoms with Gasteiger partial charge in [-0.25, -0.2) is 0 Å². The first kappa shape index (κ1) is 14.4. The Morgan fingerprint density at radius 1 is 1.05 bits per heavy atom. The number of allylic oxidation sites excluding steroid dienone is 1. The topological polar surface area (TPSA) is 29.1 Å². The predicted molar refractivity (Wildman–Crippen MR) is 85.7 cm³/mol. The van der Waals surface area contributed by atoms with Gasteiger partial charge in [-0.2, -0.15) is 0 Å². The fraction of sp³-hybridized carbons (Fsp3) is 0.118. The van der Waals surface area contributed by atoms with Crippen LogP contribution < -0.4 is 5.32 Å². The number of ketones is 1. The van der Waals surface area contributed by atoms with Gasteiger partial charge >= 0.3 is 0 Å². The molecule has 0 aliphatic rings. The Morgan fingerprint density at radius 3 is 2.25 bits per heavy atom. The molecule has 3 heteroatoms. The van der Waals surface area contributed by atoms with Crippen molar-refractivity contribution in [3.63, 3.8) is 0 Å². The summed E-state index contributed by atoms with van der Waals surface area (Å²) in [5, 5.41) is 4.17. The predicted octanol–water partition coefficient (Wildman–Crippen LogP) is 3.86. The van der Waals surface area contributed by atoms with Crippen molar-refractivity contribution in [3.05, 3.63) is 82.9 Å². The van der Waals surface area contributed by atoms with Crippen molar-refractivity contribution in [2.75, 3.05) is 6.26 Å². The van der Waals surface area contributed by atoms with E-state index < -0.39 is 0 Å². The van der Waals surface area contributed by atoms with Crippen molar-refractivity contribution in [1.82, 2.24) is 5.32 Å². The summed E-state index contributed by atoms with van der Waals surface area (Å²) in [6.45, 7) is 0.718. The number of rotatable bonds is 6. The van der Waals surface area contributed by atoms with E-state index in [0.29, 0.717) is 5.56 Å². The standard InChI is InChI=1S/C17H17NOS/c1-20-17(18-13-14-8-4-2-5-9-14)12-16(19)15-10-6-3-7-11-15/h2-12,18H,13H2,1H3/b17-12-. The lowest BCUT2D eigenvalue weighted by Crippen LogP contribution is -2.12. The van der Waals surface area contributed by atoms with Gasteiger partial charge in [0.1, 0.15) is 0 Å². The van der Waals surface area contributed by atoms with Crippen molar-refractivity contribution in [1.29, 1.82) is 0 Å². The quantitative estimate of drug-likeness (QED) is 0.644. The molecule has 0 spiro atoms. The summed E-state index contributed by atoms with van der Waals surface area (Å²) in [5.41, 5.74) is 1.90. The van der Waals surface area contributed by atoms with Gasteiger partial charge in [-0.1, -0.05) is 60.7 Å². The van der Waals surface area contributed by atoms with Crippen molar-refractivity contribution in [3.8, 4) is 0 Å². The van der Waals surface area contributed by atoms with Crippen LogP contribution in [0.1, 0.15) is 15.9 Å². The maximum atomic E-state index is 12.1. The monoisotopic (exact) mass is 283 g/mol. The Kier molecular flexibility index (Phi) is 5.44. The Morgan fingerprint density at radius 2 is 1.65 bits per heavy atom. The molecule has 0 saturated heterocycles. The number of carbonyl (C=O) groups excluding carboxylic acids is 1. The molecular weight excluding hydrogens is 266 g/mol. The third kappa shape index (κ3) is 4.28. The molecule has 0 aromatic heterocycles. The fourth-order valence-corrected chi connectivity index (χ4v) is 2.21. The summed E-state index contributed by atoms with van der Waals surface area (Å²) < 4.78 is 0. The summed E-state index contributed by atoms with van der Waals surface area (Å²) in [6.07, 6.45) is 3.62. The van der Waals surface area contributed by atoms with Crippen LogP contribution in [-0.4, -0.2) is 12.0 Å². The van der Waals surface area contributed by atoms with E-state index in [9.17, 15) is 4.79 Å². The van der Waals surface area contributed by atoms with Crippen LogP contribution in [-0.2, 0) is 6.54 Å². The number of hydrogen-bond donors (Lipinski definition) is 1. The zero-order chi connectivity index (χ0) is 14.2. The van der Waals surface area contributed by atoms with Crippen LogP contribution in [0.25, 0.3) is 0 Å². The molecule has 2 nitrogen and oxygen atoms in total. The molecule has 0 fully saturated rings. The first-order valence-electron chi connectivity index (χ1n) is 6.42. The molecule has 0 atom stereocenters. The van der Waals surface area contributed by atoms with E-state index in [1.165, 1.54) is 5.56 Å².